The lowest BCUT2D eigenvalue weighted by Gasteiger charge is -2.20. The normalized spacial score (nSPS) is 13.2. The Morgan fingerprint density at radius 1 is 1.10 bits per heavy atom. The number of phenols is 1. The van der Waals surface area contributed by atoms with Crippen LogP contribution in [0.5, 0.6) is 5.75 Å². The number of carbonyl (C=O) groups is 1. The average molecular weight is 453 g/mol. The van der Waals surface area contributed by atoms with Gasteiger partial charge in [0.1, 0.15) is 11.6 Å². The fourth-order valence-electron chi connectivity index (χ4n) is 3.08. The van der Waals surface area contributed by atoms with Gasteiger partial charge in [0, 0.05) is 17.2 Å². The maximum Gasteiger partial charge on any atom is 0.419 e. The molecule has 0 aliphatic heterocycles. The van der Waals surface area contributed by atoms with Gasteiger partial charge in [-0.15, -0.1) is 0 Å². The number of hydrogen-bond acceptors (Lipinski definition) is 4. The highest BCUT2D eigenvalue weighted by Crippen LogP contribution is 2.43. The summed E-state index contributed by atoms with van der Waals surface area (Å²) in [5, 5.41) is 10.1. The number of phenolic OH excluding ortho intramolecular Hbond substituents is 1. The number of carbonyl (C=O) groups excluding carboxylic acids is 1. The highest BCUT2D eigenvalue weighted by Gasteiger charge is 2.37. The van der Waals surface area contributed by atoms with E-state index in [1.54, 1.807) is 0 Å². The van der Waals surface area contributed by atoms with E-state index in [9.17, 15) is 40.6 Å². The van der Waals surface area contributed by atoms with Gasteiger partial charge in [-0.1, -0.05) is 0 Å². The molecule has 2 aromatic rings. The van der Waals surface area contributed by atoms with Crippen molar-refractivity contribution in [2.75, 3.05) is 6.61 Å². The quantitative estimate of drug-likeness (QED) is 0.464. The third-order valence-electron chi connectivity index (χ3n) is 4.43. The van der Waals surface area contributed by atoms with Crippen LogP contribution in [0.25, 0.3) is 11.1 Å². The second kappa shape index (κ2) is 8.74. The Kier molecular flexibility index (Phi) is 6.89. The van der Waals surface area contributed by atoms with Crippen molar-refractivity contribution in [3.05, 3.63) is 52.3 Å². The molecule has 0 heterocycles. The van der Waals surface area contributed by atoms with Gasteiger partial charge in [0.15, 0.2) is 0 Å². The van der Waals surface area contributed by atoms with Gasteiger partial charge < -0.3 is 15.6 Å². The molecule has 4 nitrogen and oxygen atoms in total. The van der Waals surface area contributed by atoms with Crippen LogP contribution >= 0.6 is 0 Å². The van der Waals surface area contributed by atoms with Gasteiger partial charge in [0.25, 0.3) is 0 Å². The van der Waals surface area contributed by atoms with Crippen LogP contribution in [-0.4, -0.2) is 17.7 Å². The summed E-state index contributed by atoms with van der Waals surface area (Å²) in [6.07, 6.45) is -10.6. The Morgan fingerprint density at radius 2 is 1.71 bits per heavy atom. The van der Waals surface area contributed by atoms with Crippen molar-refractivity contribution in [3.8, 4) is 16.9 Å². The van der Waals surface area contributed by atoms with E-state index in [2.05, 4.69) is 4.74 Å². The van der Waals surface area contributed by atoms with E-state index >= 15 is 0 Å². The van der Waals surface area contributed by atoms with E-state index in [0.717, 1.165) is 13.0 Å². The molecular weight excluding hydrogens is 435 g/mol. The van der Waals surface area contributed by atoms with Crippen LogP contribution in [-0.2, 0) is 21.9 Å². The number of aryl methyl sites for hydroxylation is 1. The smallest absolute Gasteiger partial charge is 0.419 e. The van der Waals surface area contributed by atoms with E-state index in [1.807, 2.05) is 0 Å². The van der Waals surface area contributed by atoms with Crippen molar-refractivity contribution >= 4 is 5.97 Å². The molecule has 2 rings (SSSR count). The van der Waals surface area contributed by atoms with Crippen molar-refractivity contribution in [2.45, 2.75) is 38.7 Å². The maximum atomic E-state index is 14.6. The lowest BCUT2D eigenvalue weighted by molar-refractivity contribution is -0.143. The van der Waals surface area contributed by atoms with Gasteiger partial charge in [-0.3, -0.25) is 4.79 Å². The number of halogens is 7. The summed E-state index contributed by atoms with van der Waals surface area (Å²) in [4.78, 5) is 11.6. The van der Waals surface area contributed by atoms with Crippen LogP contribution in [0.2, 0.25) is 0 Å². The second-order valence-electron chi connectivity index (χ2n) is 6.73. The number of ether oxygens (including phenoxy) is 1. The summed E-state index contributed by atoms with van der Waals surface area (Å²) < 4.78 is 98.3. The molecule has 0 bridgehead atoms. The molecule has 0 aliphatic carbocycles. The first kappa shape index (κ1) is 24.4. The van der Waals surface area contributed by atoms with Crippen LogP contribution < -0.4 is 5.73 Å². The van der Waals surface area contributed by atoms with Gasteiger partial charge in [-0.2, -0.15) is 26.3 Å². The van der Waals surface area contributed by atoms with E-state index in [0.29, 0.717) is 18.2 Å². The first-order valence-corrected chi connectivity index (χ1v) is 8.89. The molecule has 0 radical (unpaired) electrons. The third-order valence-corrected chi connectivity index (χ3v) is 4.43. The van der Waals surface area contributed by atoms with Crippen molar-refractivity contribution < 1.29 is 45.4 Å². The highest BCUT2D eigenvalue weighted by molar-refractivity contribution is 5.76. The number of benzene rings is 2. The van der Waals surface area contributed by atoms with Crippen LogP contribution in [0.4, 0.5) is 30.7 Å². The van der Waals surface area contributed by atoms with Crippen molar-refractivity contribution in [1.82, 2.24) is 0 Å². The molecule has 3 N–H and O–H groups in total. The maximum absolute atomic E-state index is 14.6. The zero-order valence-corrected chi connectivity index (χ0v) is 16.3. The van der Waals surface area contributed by atoms with E-state index in [-0.39, 0.29) is 17.7 Å². The van der Waals surface area contributed by atoms with Gasteiger partial charge >= 0.3 is 18.3 Å². The third kappa shape index (κ3) is 5.46. The fraction of sp³-hybridized carbons (Fsp3) is 0.350. The van der Waals surface area contributed by atoms with Crippen LogP contribution in [0, 0.1) is 12.7 Å². The van der Waals surface area contributed by atoms with E-state index in [1.165, 1.54) is 6.92 Å². The number of alkyl halides is 6. The van der Waals surface area contributed by atoms with Gasteiger partial charge in [-0.25, -0.2) is 4.39 Å². The zero-order valence-electron chi connectivity index (χ0n) is 16.3. The molecule has 0 fully saturated rings. The number of hydrogen-bond donors (Lipinski definition) is 2. The molecule has 1 atom stereocenters. The summed E-state index contributed by atoms with van der Waals surface area (Å²) in [5.41, 5.74) is 1.12. The van der Waals surface area contributed by atoms with Gasteiger partial charge in [-0.05, 0) is 49.2 Å². The average Bonchev–Trinajstić information content (AvgIpc) is 2.60. The number of esters is 1. The Bertz CT molecular complexity index is 961. The van der Waals surface area contributed by atoms with E-state index in [4.69, 9.17) is 5.73 Å². The standard InChI is InChI=1S/C20H18F7NO3/c1-3-31-16(30)8-14(28)12-5-10(6-13(18(12)21)20(25,26)27)17-9(2)4-11(7-15(17)29)19(22,23)24/h4-7,14,29H,3,8,28H2,1-2H3/t14-/m0/s1. The molecule has 0 unspecified atom stereocenters. The number of aromatic hydroxyl groups is 1. The highest BCUT2D eigenvalue weighted by atomic mass is 19.4. The molecule has 11 heteroatoms. The largest absolute Gasteiger partial charge is 0.507 e. The van der Waals surface area contributed by atoms with Crippen LogP contribution in [0.1, 0.15) is 41.6 Å². The SMILES string of the molecule is CCOC(=O)C[C@H](N)c1cc(-c2c(C)cc(C(F)(F)F)cc2O)cc(C(F)(F)F)c1F. The van der Waals surface area contributed by atoms with Crippen LogP contribution in [0.3, 0.4) is 0 Å². The predicted molar refractivity (Wildman–Crippen MR) is 96.4 cm³/mol. The Labute approximate surface area is 172 Å². The van der Waals surface area contributed by atoms with Crippen molar-refractivity contribution in [3.63, 3.8) is 0 Å². The molecule has 0 aromatic heterocycles. The second-order valence-corrected chi connectivity index (χ2v) is 6.73. The topological polar surface area (TPSA) is 72.5 Å². The molecule has 0 amide bonds. The summed E-state index contributed by atoms with van der Waals surface area (Å²) >= 11 is 0. The van der Waals surface area contributed by atoms with Gasteiger partial charge in [0.05, 0.1) is 24.2 Å². The molecule has 31 heavy (non-hydrogen) atoms. The Morgan fingerprint density at radius 3 is 2.19 bits per heavy atom. The summed E-state index contributed by atoms with van der Waals surface area (Å²) in [7, 11) is 0. The van der Waals surface area contributed by atoms with Gasteiger partial charge in [0.2, 0.25) is 0 Å². The minimum atomic E-state index is -5.17. The van der Waals surface area contributed by atoms with Crippen LogP contribution in [0.15, 0.2) is 24.3 Å². The summed E-state index contributed by atoms with van der Waals surface area (Å²) in [6, 6.07) is 0.702. The lowest BCUT2D eigenvalue weighted by atomic mass is 9.91. The molecular formula is C20H18F7NO3. The van der Waals surface area contributed by atoms with Crippen molar-refractivity contribution in [1.29, 1.82) is 0 Å². The molecule has 2 aromatic carbocycles. The first-order valence-electron chi connectivity index (χ1n) is 8.89. The van der Waals surface area contributed by atoms with Crippen molar-refractivity contribution in [2.24, 2.45) is 5.73 Å². The minimum Gasteiger partial charge on any atom is -0.507 e. The monoisotopic (exact) mass is 453 g/mol. The number of rotatable bonds is 5. The summed E-state index contributed by atoms with van der Waals surface area (Å²) in [6.45, 7) is 2.61. The summed E-state index contributed by atoms with van der Waals surface area (Å²) in [5.74, 6) is -3.55. The molecule has 0 saturated carbocycles. The minimum absolute atomic E-state index is 0.0273. The number of nitrogens with two attached hydrogens (primary N) is 1. The lowest BCUT2D eigenvalue weighted by Crippen LogP contribution is -2.20. The van der Waals surface area contributed by atoms with E-state index < -0.39 is 64.6 Å². The first-order chi connectivity index (χ1) is 14.2. The Hall–Kier alpha value is -2.82. The zero-order chi connectivity index (χ0) is 23.7. The molecule has 170 valence electrons. The molecule has 0 aliphatic rings. The molecule has 0 spiro atoms. The Balaban J connectivity index is 2.71. The predicted octanol–water partition coefficient (Wildman–Crippen LogP) is 5.50. The molecule has 0 saturated heterocycles. The fourth-order valence-corrected chi connectivity index (χ4v) is 3.08.